The van der Waals surface area contributed by atoms with E-state index >= 15 is 0 Å². The average molecular weight is 343 g/mol. The number of nitro benzene ring substituents is 1. The summed E-state index contributed by atoms with van der Waals surface area (Å²) < 4.78 is 26.5. The largest absolute Gasteiger partial charge is 0.394 e. The molecule has 0 aliphatic carbocycles. The average Bonchev–Trinajstić information content (AvgIpc) is 2.26. The Morgan fingerprint density at radius 2 is 1.95 bits per heavy atom. The minimum absolute atomic E-state index is 0.264. The molecule has 0 heterocycles. The molecule has 0 bridgehead atoms. The number of hydrogen-bond acceptors (Lipinski definition) is 5. The smallest absolute Gasteiger partial charge is 0.307 e. The molecule has 0 unspecified atom stereocenters. The molecule has 20 heavy (non-hydrogen) atoms. The van der Waals surface area contributed by atoms with Crippen molar-refractivity contribution in [3.8, 4) is 0 Å². The number of hydrogen-bond donors (Lipinski definition) is 2. The van der Waals surface area contributed by atoms with Crippen molar-refractivity contribution in [1.82, 2.24) is 4.72 Å². The molecule has 0 radical (unpaired) electrons. The zero-order valence-electron chi connectivity index (χ0n) is 10.6. The van der Waals surface area contributed by atoms with Crippen LogP contribution >= 0.6 is 23.2 Å². The van der Waals surface area contributed by atoms with Crippen molar-refractivity contribution >= 4 is 38.9 Å². The molecular weight excluding hydrogens is 331 g/mol. The first-order valence-corrected chi connectivity index (χ1v) is 7.53. The zero-order chi connectivity index (χ0) is 15.7. The lowest BCUT2D eigenvalue weighted by Gasteiger charge is -2.23. The highest BCUT2D eigenvalue weighted by molar-refractivity contribution is 7.89. The van der Waals surface area contributed by atoms with Gasteiger partial charge >= 0.3 is 5.69 Å². The quantitative estimate of drug-likeness (QED) is 0.627. The van der Waals surface area contributed by atoms with Crippen molar-refractivity contribution in [2.45, 2.75) is 24.3 Å². The second kappa shape index (κ2) is 5.82. The number of nitrogens with one attached hydrogen (secondary N) is 1. The number of aliphatic hydroxyl groups excluding tert-OH is 1. The molecule has 112 valence electrons. The Labute approximate surface area is 125 Å². The van der Waals surface area contributed by atoms with Gasteiger partial charge in [-0.2, -0.15) is 0 Å². The minimum Gasteiger partial charge on any atom is -0.394 e. The van der Waals surface area contributed by atoms with Crippen molar-refractivity contribution in [3.63, 3.8) is 0 Å². The summed E-state index contributed by atoms with van der Waals surface area (Å²) in [4.78, 5) is 9.51. The molecule has 2 N–H and O–H groups in total. The molecule has 0 fully saturated rings. The normalized spacial score (nSPS) is 12.4. The Morgan fingerprint density at radius 1 is 1.40 bits per heavy atom. The van der Waals surface area contributed by atoms with Crippen LogP contribution in [0, 0.1) is 10.1 Å². The maximum atomic E-state index is 12.1. The van der Waals surface area contributed by atoms with Gasteiger partial charge in [0.1, 0.15) is 14.9 Å². The zero-order valence-corrected chi connectivity index (χ0v) is 12.9. The lowest BCUT2D eigenvalue weighted by Crippen LogP contribution is -2.46. The Balaban J connectivity index is 3.41. The van der Waals surface area contributed by atoms with Gasteiger partial charge in [0.05, 0.1) is 17.1 Å². The number of rotatable bonds is 5. The van der Waals surface area contributed by atoms with Crippen molar-refractivity contribution in [2.24, 2.45) is 0 Å². The van der Waals surface area contributed by atoms with Crippen LogP contribution in [0.3, 0.4) is 0 Å². The van der Waals surface area contributed by atoms with Crippen LogP contribution in [0.5, 0.6) is 0 Å². The van der Waals surface area contributed by atoms with E-state index in [4.69, 9.17) is 28.3 Å². The molecule has 0 spiro atoms. The molecule has 0 aromatic heterocycles. The van der Waals surface area contributed by atoms with E-state index in [1.807, 2.05) is 0 Å². The molecule has 0 aliphatic rings. The van der Waals surface area contributed by atoms with Gasteiger partial charge in [-0.3, -0.25) is 10.1 Å². The van der Waals surface area contributed by atoms with E-state index in [1.165, 1.54) is 13.8 Å². The van der Waals surface area contributed by atoms with Gasteiger partial charge in [-0.05, 0) is 26.0 Å². The van der Waals surface area contributed by atoms with Crippen LogP contribution in [-0.4, -0.2) is 30.6 Å². The predicted octanol–water partition coefficient (Wildman–Crippen LogP) is 1.95. The Morgan fingerprint density at radius 3 is 2.40 bits per heavy atom. The van der Waals surface area contributed by atoms with E-state index in [9.17, 15) is 18.5 Å². The molecule has 1 rings (SSSR count). The van der Waals surface area contributed by atoms with Gasteiger partial charge in [0.2, 0.25) is 10.0 Å². The van der Waals surface area contributed by atoms with Crippen LogP contribution in [0.1, 0.15) is 13.8 Å². The summed E-state index contributed by atoms with van der Waals surface area (Å²) in [5, 5.41) is 19.1. The van der Waals surface area contributed by atoms with E-state index in [0.717, 1.165) is 12.1 Å². The molecule has 1 aromatic rings. The Kier molecular flexibility index (Phi) is 4.99. The summed E-state index contributed by atoms with van der Waals surface area (Å²) in [6.07, 6.45) is 0. The van der Waals surface area contributed by atoms with Gasteiger partial charge in [-0.25, -0.2) is 13.1 Å². The molecule has 7 nitrogen and oxygen atoms in total. The van der Waals surface area contributed by atoms with Gasteiger partial charge in [0.25, 0.3) is 0 Å². The van der Waals surface area contributed by atoms with E-state index in [1.54, 1.807) is 0 Å². The van der Waals surface area contributed by atoms with E-state index < -0.39 is 42.7 Å². The third-order valence-electron chi connectivity index (χ3n) is 2.31. The summed E-state index contributed by atoms with van der Waals surface area (Å²) in [5.74, 6) is 0. The highest BCUT2D eigenvalue weighted by atomic mass is 35.5. The van der Waals surface area contributed by atoms with Crippen LogP contribution < -0.4 is 4.72 Å². The van der Waals surface area contributed by atoms with Gasteiger partial charge < -0.3 is 5.11 Å². The first-order valence-electron chi connectivity index (χ1n) is 5.29. The molecular formula is C10H12Cl2N2O5S. The summed E-state index contributed by atoms with van der Waals surface area (Å²) in [7, 11) is -4.14. The van der Waals surface area contributed by atoms with Crippen LogP contribution in [0.25, 0.3) is 0 Å². The van der Waals surface area contributed by atoms with Crippen LogP contribution in [0.2, 0.25) is 10.0 Å². The molecule has 0 saturated carbocycles. The molecule has 10 heteroatoms. The molecule has 0 amide bonds. The second-order valence-corrected chi connectivity index (χ2v) is 7.05. The predicted molar refractivity (Wildman–Crippen MR) is 74.6 cm³/mol. The number of sulfonamides is 1. The number of nitrogens with zero attached hydrogens (tertiary/aromatic N) is 1. The second-order valence-electron chi connectivity index (χ2n) is 4.61. The highest BCUT2D eigenvalue weighted by Gasteiger charge is 2.31. The Hall–Kier alpha value is -0.930. The number of halogens is 2. The highest BCUT2D eigenvalue weighted by Crippen LogP contribution is 2.37. The van der Waals surface area contributed by atoms with Crippen molar-refractivity contribution in [1.29, 1.82) is 0 Å². The summed E-state index contributed by atoms with van der Waals surface area (Å²) >= 11 is 11.4. The first-order chi connectivity index (χ1) is 9.02. The lowest BCUT2D eigenvalue weighted by atomic mass is 10.1. The third-order valence-corrected chi connectivity index (χ3v) is 4.85. The summed E-state index contributed by atoms with van der Waals surface area (Å²) in [5.41, 5.74) is -1.82. The molecule has 0 aliphatic heterocycles. The first kappa shape index (κ1) is 17.1. The standard InChI is InChI=1S/C10H12Cl2N2O5S/c1-10(2,5-15)13-20(18,19)7-4-3-6(11)9(8(7)12)14(16)17/h3-4,13,15H,5H2,1-2H3. The number of aliphatic hydroxyl groups is 1. The molecule has 1 aromatic carbocycles. The van der Waals surface area contributed by atoms with E-state index in [0.29, 0.717) is 0 Å². The van der Waals surface area contributed by atoms with Crippen LogP contribution in [-0.2, 0) is 10.0 Å². The topological polar surface area (TPSA) is 110 Å². The fraction of sp³-hybridized carbons (Fsp3) is 0.400. The molecule has 0 saturated heterocycles. The van der Waals surface area contributed by atoms with Gasteiger partial charge in [-0.1, -0.05) is 23.2 Å². The van der Waals surface area contributed by atoms with Crippen LogP contribution in [0.4, 0.5) is 5.69 Å². The lowest BCUT2D eigenvalue weighted by molar-refractivity contribution is -0.384. The number of nitro groups is 1. The minimum atomic E-state index is -4.14. The van der Waals surface area contributed by atoms with Gasteiger partial charge in [-0.15, -0.1) is 0 Å². The maximum absolute atomic E-state index is 12.1. The van der Waals surface area contributed by atoms with Crippen molar-refractivity contribution in [2.75, 3.05) is 6.61 Å². The Bertz CT molecular complexity index is 645. The third kappa shape index (κ3) is 3.58. The van der Waals surface area contributed by atoms with E-state index in [-0.39, 0.29) is 5.02 Å². The SMILES string of the molecule is CC(C)(CO)NS(=O)(=O)c1ccc(Cl)c([N+](=O)[O-])c1Cl. The fourth-order valence-corrected chi connectivity index (χ4v) is 3.64. The fourth-order valence-electron chi connectivity index (χ4n) is 1.35. The maximum Gasteiger partial charge on any atom is 0.307 e. The van der Waals surface area contributed by atoms with Crippen molar-refractivity contribution in [3.05, 3.63) is 32.3 Å². The van der Waals surface area contributed by atoms with Gasteiger partial charge in [0.15, 0.2) is 0 Å². The van der Waals surface area contributed by atoms with Gasteiger partial charge in [0, 0.05) is 0 Å². The van der Waals surface area contributed by atoms with Crippen LogP contribution in [0.15, 0.2) is 17.0 Å². The summed E-state index contributed by atoms with van der Waals surface area (Å²) in [6, 6.07) is 2.14. The monoisotopic (exact) mass is 342 g/mol. The molecule has 0 atom stereocenters. The van der Waals surface area contributed by atoms with Crippen molar-refractivity contribution < 1.29 is 18.4 Å². The summed E-state index contributed by atoms with van der Waals surface area (Å²) in [6.45, 7) is 2.44. The van der Waals surface area contributed by atoms with E-state index in [2.05, 4.69) is 4.72 Å². The number of benzene rings is 1.